The number of ether oxygens (including phenoxy) is 1. The summed E-state index contributed by atoms with van der Waals surface area (Å²) in [6.07, 6.45) is 3.12. The third-order valence-electron chi connectivity index (χ3n) is 7.02. The van der Waals surface area contributed by atoms with Crippen LogP contribution >= 0.6 is 0 Å². The summed E-state index contributed by atoms with van der Waals surface area (Å²) in [5, 5.41) is 26.0. The van der Waals surface area contributed by atoms with E-state index in [9.17, 15) is 15.0 Å². The molecular weight excluding hydrogens is 374 g/mol. The van der Waals surface area contributed by atoms with E-state index in [4.69, 9.17) is 9.26 Å². The van der Waals surface area contributed by atoms with Crippen molar-refractivity contribution in [1.29, 1.82) is 0 Å². The third-order valence-corrected chi connectivity index (χ3v) is 7.02. The van der Waals surface area contributed by atoms with Crippen molar-refractivity contribution in [2.75, 3.05) is 19.7 Å². The van der Waals surface area contributed by atoms with Gasteiger partial charge in [0, 0.05) is 25.2 Å². The zero-order valence-electron chi connectivity index (χ0n) is 16.9. The van der Waals surface area contributed by atoms with Crippen molar-refractivity contribution in [2.45, 2.75) is 69.7 Å². The number of amides is 1. The van der Waals surface area contributed by atoms with Crippen molar-refractivity contribution in [3.8, 4) is 0 Å². The van der Waals surface area contributed by atoms with Gasteiger partial charge in [-0.3, -0.25) is 4.79 Å². The number of fused-ring (bicyclic) bond motifs is 2. The Labute approximate surface area is 168 Å². The van der Waals surface area contributed by atoms with Crippen LogP contribution in [-0.2, 0) is 17.6 Å². The molecule has 29 heavy (non-hydrogen) atoms. The highest BCUT2D eigenvalue weighted by atomic mass is 16.5. The van der Waals surface area contributed by atoms with Gasteiger partial charge in [-0.1, -0.05) is 5.16 Å². The lowest BCUT2D eigenvalue weighted by molar-refractivity contribution is -0.244. The Morgan fingerprint density at radius 2 is 2.00 bits per heavy atom. The predicted molar refractivity (Wildman–Crippen MR) is 104 cm³/mol. The summed E-state index contributed by atoms with van der Waals surface area (Å²) < 4.78 is 11.3. The summed E-state index contributed by atoms with van der Waals surface area (Å²) in [4.78, 5) is 20.0. The van der Waals surface area contributed by atoms with E-state index in [1.807, 2.05) is 11.8 Å². The molecule has 1 aliphatic carbocycles. The summed E-state index contributed by atoms with van der Waals surface area (Å²) in [6.45, 7) is 4.84. The van der Waals surface area contributed by atoms with Crippen LogP contribution in [0, 0.1) is 6.92 Å². The summed E-state index contributed by atoms with van der Waals surface area (Å²) in [5.41, 5.74) is 1.79. The Morgan fingerprint density at radius 3 is 2.76 bits per heavy atom. The topological polar surface area (TPSA) is 109 Å². The normalized spacial score (nSPS) is 28.8. The number of carbonyl (C=O) groups excluding carboxylic acids is 1. The van der Waals surface area contributed by atoms with E-state index >= 15 is 0 Å². The minimum atomic E-state index is -1.16. The molecular formula is C21H27N3O5. The van der Waals surface area contributed by atoms with Gasteiger partial charge in [-0.15, -0.1) is 0 Å². The summed E-state index contributed by atoms with van der Waals surface area (Å²) in [6, 6.07) is 0. The van der Waals surface area contributed by atoms with Crippen LogP contribution in [-0.4, -0.2) is 68.2 Å². The van der Waals surface area contributed by atoms with Crippen LogP contribution in [0.5, 0.6) is 0 Å². The number of rotatable bonds is 1. The molecule has 2 fully saturated rings. The number of nitrogens with zero attached hydrogens (tertiary/aromatic N) is 3. The van der Waals surface area contributed by atoms with Gasteiger partial charge < -0.3 is 24.4 Å². The van der Waals surface area contributed by atoms with Gasteiger partial charge in [0.15, 0.2) is 0 Å². The van der Waals surface area contributed by atoms with Gasteiger partial charge >= 0.3 is 0 Å². The van der Waals surface area contributed by atoms with Crippen LogP contribution < -0.4 is 0 Å². The average molecular weight is 401 g/mol. The number of aliphatic hydroxyl groups is 2. The molecule has 8 heteroatoms. The Bertz CT molecular complexity index is 974. The maximum Gasteiger partial charge on any atom is 0.259 e. The highest BCUT2D eigenvalue weighted by molar-refractivity contribution is 6.07. The molecule has 0 bridgehead atoms. The van der Waals surface area contributed by atoms with Crippen molar-refractivity contribution >= 4 is 17.0 Å². The van der Waals surface area contributed by atoms with Crippen molar-refractivity contribution < 1.29 is 24.3 Å². The molecule has 1 spiro atoms. The summed E-state index contributed by atoms with van der Waals surface area (Å²) in [7, 11) is 0. The average Bonchev–Trinajstić information content (AvgIpc) is 3.31. The monoisotopic (exact) mass is 401 g/mol. The maximum atomic E-state index is 13.6. The standard InChI is InChI=1S/C21H27N3O5/c1-12-15-16(13-4-3-5-14(13)22-17(15)29-23-12)18(25)24-9-6-21(7-10-24)19(26)20(2,27)8-11-28-21/h19,26-27H,3-11H2,1-2H3/t19-,20+/m0/s1. The maximum absolute atomic E-state index is 13.6. The Morgan fingerprint density at radius 1 is 1.24 bits per heavy atom. The van der Waals surface area contributed by atoms with E-state index < -0.39 is 17.3 Å². The van der Waals surface area contributed by atoms with Crippen LogP contribution in [0.1, 0.15) is 59.9 Å². The molecule has 0 unspecified atom stereocenters. The number of hydrogen-bond acceptors (Lipinski definition) is 7. The smallest absolute Gasteiger partial charge is 0.259 e. The SMILES string of the molecule is Cc1noc2nc3c(c(C(=O)N4CCC5(CC4)OCC[C@@](C)(O)[C@@H]5O)c12)CCC3. The molecule has 1 amide bonds. The number of likely N-dealkylation sites (tertiary alicyclic amines) is 1. The second kappa shape index (κ2) is 6.48. The third kappa shape index (κ3) is 2.80. The molecule has 0 aromatic carbocycles. The number of hydrogen-bond donors (Lipinski definition) is 2. The van der Waals surface area contributed by atoms with Gasteiger partial charge in [-0.2, -0.15) is 0 Å². The quantitative estimate of drug-likeness (QED) is 0.746. The Kier molecular flexibility index (Phi) is 4.24. The summed E-state index contributed by atoms with van der Waals surface area (Å²) >= 11 is 0. The fourth-order valence-electron chi connectivity index (χ4n) is 5.26. The van der Waals surface area contributed by atoms with E-state index in [-0.39, 0.29) is 5.91 Å². The van der Waals surface area contributed by atoms with Gasteiger partial charge in [0.1, 0.15) is 11.7 Å². The first-order valence-electron chi connectivity index (χ1n) is 10.4. The molecule has 5 rings (SSSR count). The number of pyridine rings is 1. The van der Waals surface area contributed by atoms with E-state index in [1.165, 1.54) is 0 Å². The van der Waals surface area contributed by atoms with E-state index in [0.717, 1.165) is 30.5 Å². The lowest BCUT2D eigenvalue weighted by atomic mass is 9.75. The highest BCUT2D eigenvalue weighted by Crippen LogP contribution is 2.40. The van der Waals surface area contributed by atoms with Crippen LogP contribution in [0.15, 0.2) is 4.52 Å². The molecule has 2 aliphatic heterocycles. The highest BCUT2D eigenvalue weighted by Gasteiger charge is 2.53. The van der Waals surface area contributed by atoms with Crippen LogP contribution in [0.3, 0.4) is 0 Å². The van der Waals surface area contributed by atoms with Crippen LogP contribution in [0.2, 0.25) is 0 Å². The second-order valence-corrected chi connectivity index (χ2v) is 8.93. The van der Waals surface area contributed by atoms with Crippen molar-refractivity contribution in [3.05, 3.63) is 22.5 Å². The fraction of sp³-hybridized carbons (Fsp3) is 0.667. The largest absolute Gasteiger partial charge is 0.387 e. The number of piperidine rings is 1. The molecule has 2 saturated heterocycles. The summed E-state index contributed by atoms with van der Waals surface area (Å²) in [5.74, 6) is -0.0336. The lowest BCUT2D eigenvalue weighted by Crippen LogP contribution is -2.64. The fourth-order valence-corrected chi connectivity index (χ4v) is 5.26. The molecule has 2 aromatic rings. The molecule has 0 radical (unpaired) electrons. The minimum Gasteiger partial charge on any atom is -0.387 e. The van der Waals surface area contributed by atoms with Crippen LogP contribution in [0.25, 0.3) is 11.1 Å². The second-order valence-electron chi connectivity index (χ2n) is 8.93. The van der Waals surface area contributed by atoms with Gasteiger partial charge in [-0.25, -0.2) is 4.98 Å². The first kappa shape index (κ1) is 19.0. The predicted octanol–water partition coefficient (Wildman–Crippen LogP) is 1.53. The molecule has 156 valence electrons. The van der Waals surface area contributed by atoms with E-state index in [2.05, 4.69) is 10.1 Å². The lowest BCUT2D eigenvalue weighted by Gasteiger charge is -2.51. The Hall–Kier alpha value is -2.03. The number of aliphatic hydroxyl groups excluding tert-OH is 1. The molecule has 2 aromatic heterocycles. The van der Waals surface area contributed by atoms with E-state index in [0.29, 0.717) is 61.3 Å². The zero-order valence-corrected chi connectivity index (χ0v) is 16.9. The minimum absolute atomic E-state index is 0.0336. The molecule has 8 nitrogen and oxygen atoms in total. The van der Waals surface area contributed by atoms with Crippen molar-refractivity contribution in [1.82, 2.24) is 15.0 Å². The van der Waals surface area contributed by atoms with Gasteiger partial charge in [-0.05, 0) is 51.5 Å². The van der Waals surface area contributed by atoms with Gasteiger partial charge in [0.25, 0.3) is 11.6 Å². The van der Waals surface area contributed by atoms with Gasteiger partial charge in [0.05, 0.1) is 28.9 Å². The first-order chi connectivity index (χ1) is 13.8. The first-order valence-corrected chi connectivity index (χ1v) is 10.4. The van der Waals surface area contributed by atoms with Crippen molar-refractivity contribution in [2.24, 2.45) is 0 Å². The molecule has 2 atom stereocenters. The Balaban J connectivity index is 1.44. The molecule has 4 heterocycles. The number of aryl methyl sites for hydroxylation is 2. The number of aromatic nitrogens is 2. The van der Waals surface area contributed by atoms with Gasteiger partial charge in [0.2, 0.25) is 0 Å². The van der Waals surface area contributed by atoms with Crippen LogP contribution in [0.4, 0.5) is 0 Å². The molecule has 3 aliphatic rings. The molecule has 2 N–H and O–H groups in total. The zero-order chi connectivity index (χ0) is 20.4. The number of carbonyl (C=O) groups is 1. The van der Waals surface area contributed by atoms with Crippen molar-refractivity contribution in [3.63, 3.8) is 0 Å². The van der Waals surface area contributed by atoms with E-state index in [1.54, 1.807) is 6.92 Å². The molecule has 0 saturated carbocycles.